The highest BCUT2D eigenvalue weighted by Crippen LogP contribution is 2.37. The highest BCUT2D eigenvalue weighted by molar-refractivity contribution is 6.34. The average molecular weight is 819 g/mol. The van der Waals surface area contributed by atoms with E-state index in [1.54, 1.807) is 16.3 Å². The molecule has 2 aliphatic rings. The smallest absolute Gasteiger partial charge is 0.334 e. The number of phenolic OH excluding ortho intramolecular Hbond substituents is 1. The van der Waals surface area contributed by atoms with E-state index in [1.165, 1.54) is 21.5 Å². The van der Waals surface area contributed by atoms with Gasteiger partial charge in [0.2, 0.25) is 0 Å². The van der Waals surface area contributed by atoms with Gasteiger partial charge in [-0.1, -0.05) is 60.3 Å². The molecule has 0 fully saturated rings. The number of nitrogens with zero attached hydrogens (tertiary/aromatic N) is 4. The van der Waals surface area contributed by atoms with Crippen molar-refractivity contribution in [2.75, 3.05) is 19.8 Å². The number of fused-ring (bicyclic) bond motifs is 2. The lowest BCUT2D eigenvalue weighted by Crippen LogP contribution is -2.27. The van der Waals surface area contributed by atoms with Gasteiger partial charge in [-0.25, -0.2) is 22.9 Å². The van der Waals surface area contributed by atoms with Crippen LogP contribution in [-0.4, -0.2) is 49.6 Å². The first-order chi connectivity index (χ1) is 25.2. The molecule has 0 atom stereocenters. The zero-order valence-corrected chi connectivity index (χ0v) is 32.2. The van der Waals surface area contributed by atoms with E-state index < -0.39 is 17.6 Å². The Morgan fingerprint density at radius 2 is 1.28 bits per heavy atom. The molecule has 2 aromatic heterocycles. The molecule has 0 aliphatic carbocycles. The number of hydrogen-bond acceptors (Lipinski definition) is 7. The molecule has 0 bridgehead atoms. The van der Waals surface area contributed by atoms with Crippen molar-refractivity contribution in [3.05, 3.63) is 88.8 Å². The topological polar surface area (TPSA) is 119 Å². The fourth-order valence-corrected chi connectivity index (χ4v) is 7.02. The Morgan fingerprint density at radius 1 is 0.792 bits per heavy atom. The first-order valence-electron chi connectivity index (χ1n) is 17.0. The highest BCUT2D eigenvalue weighted by Gasteiger charge is 2.26. The van der Waals surface area contributed by atoms with Crippen molar-refractivity contribution >= 4 is 52.4 Å². The summed E-state index contributed by atoms with van der Waals surface area (Å²) in [4.78, 5) is 37.3. The van der Waals surface area contributed by atoms with Crippen LogP contribution in [0.1, 0.15) is 46.5 Å². The van der Waals surface area contributed by atoms with E-state index in [-0.39, 0.29) is 90.1 Å². The number of carbonyl (C=O) groups is 1. The van der Waals surface area contributed by atoms with Crippen LogP contribution in [0, 0.1) is 17.6 Å². The number of aromatic hydroxyl groups is 1. The van der Waals surface area contributed by atoms with Crippen molar-refractivity contribution in [2.45, 2.75) is 72.6 Å². The number of rotatable bonds is 10. The summed E-state index contributed by atoms with van der Waals surface area (Å²) < 4.78 is 51.5. The van der Waals surface area contributed by atoms with E-state index in [9.17, 15) is 28.3 Å². The number of phenols is 1. The van der Waals surface area contributed by atoms with E-state index in [0.29, 0.717) is 32.8 Å². The fourth-order valence-electron chi connectivity index (χ4n) is 5.95. The van der Waals surface area contributed by atoms with Crippen LogP contribution in [-0.2, 0) is 40.4 Å². The zero-order valence-electron chi connectivity index (χ0n) is 29.2. The normalized spacial score (nSPS) is 14.0. The van der Waals surface area contributed by atoms with Gasteiger partial charge in [-0.05, 0) is 62.8 Å². The fraction of sp³-hybridized carbons (Fsp3) is 0.417. The summed E-state index contributed by atoms with van der Waals surface area (Å²) in [6.45, 7) is 8.34. The maximum atomic E-state index is 14.8. The van der Waals surface area contributed by atoms with Gasteiger partial charge in [-0.2, -0.15) is 0 Å². The van der Waals surface area contributed by atoms with Gasteiger partial charge in [0.1, 0.15) is 45.8 Å². The largest absolute Gasteiger partial charge is 0.506 e. The second kappa shape index (κ2) is 17.5. The van der Waals surface area contributed by atoms with Gasteiger partial charge in [-0.15, -0.1) is 0 Å². The first kappa shape index (κ1) is 40.3. The van der Waals surface area contributed by atoms with Crippen LogP contribution in [0.25, 0.3) is 22.3 Å². The molecule has 0 saturated carbocycles. The Kier molecular flexibility index (Phi) is 13.3. The standard InChI is InChI=1S/C23H27Cl2FN2O5.C13H11Cl2FN2O2/c1-4-31-15(9-20(29)33-12-14(2)3)13-32-19-10-16(18(26)11-17(19)24)21-22(25)27-7-5-6-8-28(27)23(21)30;14-8-6-9(16)7(5-10(8)19)11-12(15)17-3-1-2-4-18(17)13(11)20/h9-11,14H,4-8,12-13H2,1-3H3;5-6,19H,1-4H2/b15-9+;. The minimum absolute atomic E-state index is 0.00270. The summed E-state index contributed by atoms with van der Waals surface area (Å²) in [6, 6.07) is 4.52. The molecule has 4 aromatic rings. The van der Waals surface area contributed by atoms with Gasteiger partial charge in [0.25, 0.3) is 11.1 Å². The molecular weight excluding hydrogens is 780 g/mol. The molecule has 0 radical (unpaired) electrons. The van der Waals surface area contributed by atoms with Gasteiger partial charge in [-0.3, -0.25) is 19.0 Å². The quantitative estimate of drug-likeness (QED) is 0.0972. The molecule has 1 N–H and O–H groups in total. The van der Waals surface area contributed by atoms with E-state index in [0.717, 1.165) is 43.9 Å². The molecule has 0 amide bonds. The van der Waals surface area contributed by atoms with Crippen molar-refractivity contribution in [1.29, 1.82) is 0 Å². The Morgan fingerprint density at radius 3 is 1.77 bits per heavy atom. The summed E-state index contributed by atoms with van der Waals surface area (Å²) in [5.41, 5.74) is -0.619. The molecule has 17 heteroatoms. The van der Waals surface area contributed by atoms with Crippen LogP contribution in [0.15, 0.2) is 45.7 Å². The van der Waals surface area contributed by atoms with E-state index in [2.05, 4.69) is 0 Å². The predicted octanol–water partition coefficient (Wildman–Crippen LogP) is 8.32. The lowest BCUT2D eigenvalue weighted by Gasteiger charge is -2.17. The Hall–Kier alpha value is -3.91. The summed E-state index contributed by atoms with van der Waals surface area (Å²) in [5, 5.41) is 9.88. The molecule has 0 unspecified atom stereocenters. The molecule has 0 saturated heterocycles. The third-order valence-corrected chi connectivity index (χ3v) is 9.83. The number of aromatic nitrogens is 4. The first-order valence-corrected chi connectivity index (χ1v) is 18.5. The van der Waals surface area contributed by atoms with Gasteiger partial charge >= 0.3 is 5.97 Å². The number of hydrogen-bond donors (Lipinski definition) is 1. The second-order valence-corrected chi connectivity index (χ2v) is 14.3. The Bertz CT molecular complexity index is 2160. The van der Waals surface area contributed by atoms with E-state index >= 15 is 0 Å². The number of halogens is 6. The summed E-state index contributed by atoms with van der Waals surface area (Å²) in [7, 11) is 0. The molecule has 53 heavy (non-hydrogen) atoms. The SMILES string of the molecule is CCO/C(=C/C(=O)OCC(C)C)COc1cc(-c2c(Cl)n3n(c2=O)CCCC3)c(F)cc1Cl.O=c1c(-c2cc(O)c(Cl)cc2F)c(Cl)n2n1CCCC2. The molecule has 6 rings (SSSR count). The molecule has 2 aromatic carbocycles. The maximum absolute atomic E-state index is 14.8. The number of ether oxygens (including phenoxy) is 3. The zero-order chi connectivity index (χ0) is 38.6. The van der Waals surface area contributed by atoms with Gasteiger partial charge in [0, 0.05) is 37.3 Å². The molecule has 4 heterocycles. The lowest BCUT2D eigenvalue weighted by atomic mass is 10.1. The summed E-state index contributed by atoms with van der Waals surface area (Å²) in [6.07, 6.45) is 4.74. The van der Waals surface area contributed by atoms with Gasteiger partial charge in [0.05, 0.1) is 40.5 Å². The Labute approximate surface area is 323 Å². The summed E-state index contributed by atoms with van der Waals surface area (Å²) in [5.74, 6) is -1.66. The molecule has 0 spiro atoms. The van der Waals surface area contributed by atoms with E-state index in [4.69, 9.17) is 60.6 Å². The second-order valence-electron chi connectivity index (χ2n) is 12.8. The van der Waals surface area contributed by atoms with Crippen LogP contribution < -0.4 is 15.9 Å². The van der Waals surface area contributed by atoms with Crippen molar-refractivity contribution in [3.8, 4) is 33.8 Å². The van der Waals surface area contributed by atoms with Gasteiger partial charge < -0.3 is 19.3 Å². The Balaban J connectivity index is 0.000000230. The molecule has 286 valence electrons. The third-order valence-electron chi connectivity index (χ3n) is 8.46. The average Bonchev–Trinajstić information content (AvgIpc) is 3.53. The number of carbonyl (C=O) groups excluding carboxylic acids is 1. The van der Waals surface area contributed by atoms with E-state index in [1.807, 2.05) is 13.8 Å². The van der Waals surface area contributed by atoms with Crippen LogP contribution in [0.5, 0.6) is 11.5 Å². The highest BCUT2D eigenvalue weighted by atomic mass is 35.5. The van der Waals surface area contributed by atoms with Crippen LogP contribution in [0.3, 0.4) is 0 Å². The molecular formula is C36H38Cl4F2N4O7. The minimum atomic E-state index is -0.687. The third kappa shape index (κ3) is 8.91. The van der Waals surface area contributed by atoms with Gasteiger partial charge in [0.15, 0.2) is 0 Å². The van der Waals surface area contributed by atoms with Crippen molar-refractivity contribution in [2.24, 2.45) is 5.92 Å². The maximum Gasteiger partial charge on any atom is 0.334 e. The summed E-state index contributed by atoms with van der Waals surface area (Å²) >= 11 is 24.5. The monoisotopic (exact) mass is 816 g/mol. The van der Waals surface area contributed by atoms with Crippen LogP contribution in [0.2, 0.25) is 20.4 Å². The molecule has 11 nitrogen and oxygen atoms in total. The van der Waals surface area contributed by atoms with Crippen molar-refractivity contribution in [3.63, 3.8) is 0 Å². The minimum Gasteiger partial charge on any atom is -0.506 e. The van der Waals surface area contributed by atoms with Crippen LogP contribution >= 0.6 is 46.4 Å². The predicted molar refractivity (Wildman–Crippen MR) is 199 cm³/mol. The lowest BCUT2D eigenvalue weighted by molar-refractivity contribution is -0.139. The van der Waals surface area contributed by atoms with Crippen molar-refractivity contribution < 1.29 is 32.9 Å². The number of benzene rings is 2. The van der Waals surface area contributed by atoms with Crippen molar-refractivity contribution in [1.82, 2.24) is 18.7 Å². The molecule has 2 aliphatic heterocycles. The number of esters is 1. The van der Waals surface area contributed by atoms with Crippen LogP contribution in [0.4, 0.5) is 8.78 Å².